The van der Waals surface area contributed by atoms with Crippen molar-refractivity contribution in [1.29, 1.82) is 0 Å². The predicted octanol–water partition coefficient (Wildman–Crippen LogP) is 1.23. The normalized spacial score (nSPS) is 39.0. The molecule has 0 radical (unpaired) electrons. The Kier molecular flexibility index (Phi) is 3.10. The van der Waals surface area contributed by atoms with Gasteiger partial charge >= 0.3 is 5.97 Å². The molecule has 136 valence electrons. The summed E-state index contributed by atoms with van der Waals surface area (Å²) in [6, 6.07) is 4.85. The first-order chi connectivity index (χ1) is 12.5. The van der Waals surface area contributed by atoms with Gasteiger partial charge in [-0.2, -0.15) is 0 Å². The van der Waals surface area contributed by atoms with E-state index in [0.29, 0.717) is 36.3 Å². The first kappa shape index (κ1) is 15.8. The third-order valence-corrected chi connectivity index (χ3v) is 6.13. The van der Waals surface area contributed by atoms with Gasteiger partial charge in [-0.25, -0.2) is 0 Å². The van der Waals surface area contributed by atoms with Gasteiger partial charge in [0.15, 0.2) is 17.3 Å². The summed E-state index contributed by atoms with van der Waals surface area (Å²) >= 11 is 0. The number of aromatic hydroxyl groups is 1. The van der Waals surface area contributed by atoms with Gasteiger partial charge < -0.3 is 24.1 Å². The number of hydrogen-bond acceptors (Lipinski definition) is 7. The summed E-state index contributed by atoms with van der Waals surface area (Å²) in [4.78, 5) is 25.5. The van der Waals surface area contributed by atoms with Crippen LogP contribution in [0.25, 0.3) is 6.08 Å². The maximum Gasteiger partial charge on any atom is 0.315 e. The summed E-state index contributed by atoms with van der Waals surface area (Å²) in [5.74, 6) is -0.0996. The number of benzene rings is 1. The number of cyclic esters (lactones) is 1. The molecule has 1 aromatic rings. The number of fused-ring (bicyclic) bond motifs is 1. The molecule has 0 aromatic heterocycles. The number of phenols is 1. The minimum atomic E-state index is -0.923. The van der Waals surface area contributed by atoms with Crippen molar-refractivity contribution in [1.82, 2.24) is 0 Å². The first-order valence-electron chi connectivity index (χ1n) is 8.60. The van der Waals surface area contributed by atoms with Crippen molar-refractivity contribution in [2.45, 2.75) is 30.7 Å². The van der Waals surface area contributed by atoms with E-state index < -0.39 is 23.2 Å². The molecule has 4 atom stereocenters. The van der Waals surface area contributed by atoms with E-state index in [1.807, 2.05) is 0 Å². The van der Waals surface area contributed by atoms with Gasteiger partial charge in [-0.15, -0.1) is 0 Å². The fourth-order valence-corrected chi connectivity index (χ4v) is 4.84. The molecule has 4 heterocycles. The zero-order chi connectivity index (χ0) is 18.1. The van der Waals surface area contributed by atoms with E-state index in [1.165, 1.54) is 13.2 Å². The molecule has 7 heteroatoms. The van der Waals surface area contributed by atoms with Crippen LogP contribution < -0.4 is 4.74 Å². The van der Waals surface area contributed by atoms with Crippen molar-refractivity contribution in [3.8, 4) is 11.5 Å². The number of ketones is 1. The second-order valence-electron chi connectivity index (χ2n) is 7.25. The van der Waals surface area contributed by atoms with Crippen molar-refractivity contribution in [3.63, 3.8) is 0 Å². The molecule has 0 saturated carbocycles. The van der Waals surface area contributed by atoms with Crippen LogP contribution in [0, 0.1) is 5.41 Å². The molecule has 1 spiro atoms. The highest BCUT2D eigenvalue weighted by molar-refractivity contribution is 6.06. The molecule has 4 fully saturated rings. The van der Waals surface area contributed by atoms with E-state index in [1.54, 1.807) is 18.2 Å². The molecule has 4 aliphatic rings. The van der Waals surface area contributed by atoms with Gasteiger partial charge in [-0.3, -0.25) is 9.59 Å². The summed E-state index contributed by atoms with van der Waals surface area (Å²) in [5, 5.41) is 9.77. The molecule has 5 rings (SSSR count). The molecule has 4 aliphatic heterocycles. The van der Waals surface area contributed by atoms with Gasteiger partial charge in [0.2, 0.25) is 0 Å². The Morgan fingerprint density at radius 3 is 3.00 bits per heavy atom. The number of phenolic OH excluding ortho intramolecular Hbond substituents is 1. The predicted molar refractivity (Wildman–Crippen MR) is 87.6 cm³/mol. The summed E-state index contributed by atoms with van der Waals surface area (Å²) in [5.41, 5.74) is -0.536. The van der Waals surface area contributed by atoms with Crippen LogP contribution in [0.1, 0.15) is 18.4 Å². The molecular formula is C19H18O7. The fraction of sp³-hybridized carbons (Fsp3) is 0.474. The van der Waals surface area contributed by atoms with E-state index in [4.69, 9.17) is 18.9 Å². The lowest BCUT2D eigenvalue weighted by atomic mass is 9.67. The molecule has 1 aromatic carbocycles. The maximum atomic E-state index is 13.0. The Labute approximate surface area is 149 Å². The van der Waals surface area contributed by atoms with E-state index >= 15 is 0 Å². The van der Waals surface area contributed by atoms with Crippen LogP contribution in [-0.2, 0) is 23.8 Å². The molecule has 7 nitrogen and oxygen atoms in total. The molecular weight excluding hydrogens is 340 g/mol. The number of carbonyl (C=O) groups is 2. The minimum absolute atomic E-state index is 0.0225. The van der Waals surface area contributed by atoms with Crippen LogP contribution in [0.2, 0.25) is 0 Å². The fourth-order valence-electron chi connectivity index (χ4n) is 4.84. The third-order valence-electron chi connectivity index (χ3n) is 6.13. The van der Waals surface area contributed by atoms with Crippen molar-refractivity contribution in [3.05, 3.63) is 29.3 Å². The summed E-state index contributed by atoms with van der Waals surface area (Å²) in [6.07, 6.45) is 1.30. The topological polar surface area (TPSA) is 91.3 Å². The van der Waals surface area contributed by atoms with Crippen LogP contribution in [0.5, 0.6) is 11.5 Å². The highest BCUT2D eigenvalue weighted by Crippen LogP contribution is 2.62. The highest BCUT2D eigenvalue weighted by atomic mass is 16.6. The Morgan fingerprint density at radius 2 is 2.19 bits per heavy atom. The summed E-state index contributed by atoms with van der Waals surface area (Å²) < 4.78 is 22.5. The molecule has 0 amide bonds. The standard InChI is InChI=1S/C19H18O7/c1-23-13-7-10(2-3-12(13)20)6-11-15(21)14-8-18-4-5-24-16(11)19(18,26-14)9-25-17(18)22/h2-3,6-7,14,16,20H,4-5,8-9H2,1H3/b11-6+. The molecule has 4 unspecified atom stereocenters. The van der Waals surface area contributed by atoms with E-state index in [2.05, 4.69) is 0 Å². The number of hydrogen-bond donors (Lipinski definition) is 1. The van der Waals surface area contributed by atoms with Crippen molar-refractivity contribution >= 4 is 17.8 Å². The zero-order valence-electron chi connectivity index (χ0n) is 14.2. The first-order valence-corrected chi connectivity index (χ1v) is 8.60. The van der Waals surface area contributed by atoms with Gasteiger partial charge in [0.05, 0.1) is 7.11 Å². The lowest BCUT2D eigenvalue weighted by Crippen LogP contribution is -2.62. The van der Waals surface area contributed by atoms with Crippen LogP contribution in [0.4, 0.5) is 0 Å². The Balaban J connectivity index is 1.63. The second-order valence-corrected chi connectivity index (χ2v) is 7.25. The van der Waals surface area contributed by atoms with Crippen molar-refractivity contribution in [2.75, 3.05) is 20.3 Å². The second kappa shape index (κ2) is 5.08. The van der Waals surface area contributed by atoms with Crippen molar-refractivity contribution in [2.24, 2.45) is 5.41 Å². The van der Waals surface area contributed by atoms with Crippen LogP contribution >= 0.6 is 0 Å². The zero-order valence-corrected chi connectivity index (χ0v) is 14.2. The lowest BCUT2D eigenvalue weighted by molar-refractivity contribution is -0.197. The van der Waals surface area contributed by atoms with Gasteiger partial charge in [-0.05, 0) is 30.2 Å². The van der Waals surface area contributed by atoms with E-state index in [-0.39, 0.29) is 24.1 Å². The molecule has 2 bridgehead atoms. The number of Topliss-reactive ketones (excluding diaryl/α,β-unsaturated/α-hetero) is 1. The number of carbonyl (C=O) groups excluding carboxylic acids is 2. The van der Waals surface area contributed by atoms with Gasteiger partial charge in [0.1, 0.15) is 29.8 Å². The maximum absolute atomic E-state index is 13.0. The summed E-state index contributed by atoms with van der Waals surface area (Å²) in [6.45, 7) is 0.484. The molecule has 1 N–H and O–H groups in total. The van der Waals surface area contributed by atoms with E-state index in [9.17, 15) is 14.7 Å². The van der Waals surface area contributed by atoms with Crippen LogP contribution in [0.3, 0.4) is 0 Å². The Bertz CT molecular complexity index is 859. The van der Waals surface area contributed by atoms with E-state index in [0.717, 1.165) is 0 Å². The lowest BCUT2D eigenvalue weighted by Gasteiger charge is -2.46. The average molecular weight is 358 g/mol. The Hall–Kier alpha value is -2.38. The quantitative estimate of drug-likeness (QED) is 0.628. The van der Waals surface area contributed by atoms with Gasteiger partial charge in [-0.1, -0.05) is 6.07 Å². The number of ether oxygens (including phenoxy) is 4. The summed E-state index contributed by atoms with van der Waals surface area (Å²) in [7, 11) is 1.46. The largest absolute Gasteiger partial charge is 0.504 e. The smallest absolute Gasteiger partial charge is 0.315 e. The van der Waals surface area contributed by atoms with Gasteiger partial charge in [0, 0.05) is 18.6 Å². The van der Waals surface area contributed by atoms with Gasteiger partial charge in [0.25, 0.3) is 0 Å². The number of rotatable bonds is 2. The monoisotopic (exact) mass is 358 g/mol. The third kappa shape index (κ3) is 1.74. The van der Waals surface area contributed by atoms with Crippen LogP contribution in [0.15, 0.2) is 23.8 Å². The Morgan fingerprint density at radius 1 is 1.35 bits per heavy atom. The number of methoxy groups -OCH3 is 1. The molecule has 4 saturated heterocycles. The average Bonchev–Trinajstić information content (AvgIpc) is 3.13. The van der Waals surface area contributed by atoms with Crippen molar-refractivity contribution < 1.29 is 33.6 Å². The number of esters is 1. The minimum Gasteiger partial charge on any atom is -0.504 e. The SMILES string of the molecule is COc1cc(/C=C2\C(=O)C3CC45CCOC2C4(COC5=O)O3)ccc1O. The highest BCUT2D eigenvalue weighted by Gasteiger charge is 2.77. The molecule has 26 heavy (non-hydrogen) atoms. The van der Waals surface area contributed by atoms with Crippen LogP contribution in [-0.4, -0.2) is 55.0 Å². The molecule has 0 aliphatic carbocycles.